The van der Waals surface area contributed by atoms with Crippen LogP contribution in [0.2, 0.25) is 0 Å². The zero-order valence-electron chi connectivity index (χ0n) is 11.6. The molecule has 0 aromatic carbocycles. The second-order valence-corrected chi connectivity index (χ2v) is 4.69. The summed E-state index contributed by atoms with van der Waals surface area (Å²) in [5.41, 5.74) is 0.547. The van der Waals surface area contributed by atoms with Gasteiger partial charge in [0.05, 0.1) is 19.4 Å². The fourth-order valence-corrected chi connectivity index (χ4v) is 2.49. The molecule has 1 N–H and O–H groups in total. The lowest BCUT2D eigenvalue weighted by Crippen LogP contribution is -2.36. The summed E-state index contributed by atoms with van der Waals surface area (Å²) in [5, 5.41) is 3.36. The van der Waals surface area contributed by atoms with Gasteiger partial charge < -0.3 is 14.5 Å². The molecule has 1 aliphatic heterocycles. The molecule has 5 nitrogen and oxygen atoms in total. The fourth-order valence-electron chi connectivity index (χ4n) is 2.49. The topological polar surface area (TPSA) is 54.7 Å². The number of hydrogen-bond donors (Lipinski definition) is 1. The summed E-state index contributed by atoms with van der Waals surface area (Å²) in [6, 6.07) is 2.21. The standard InChI is InChI=1S/C14H22N2O3/c1-3-16(11-5-7-15-9-11)10-13-12(6-8-19-13)14(17)18-4-2/h6,8,11,15H,3-5,7,9-10H2,1-2H3. The van der Waals surface area contributed by atoms with Crippen molar-refractivity contribution in [3.05, 3.63) is 23.7 Å². The first kappa shape index (κ1) is 14.1. The van der Waals surface area contributed by atoms with E-state index in [1.807, 2.05) is 0 Å². The van der Waals surface area contributed by atoms with Gasteiger partial charge in [0.2, 0.25) is 0 Å². The maximum Gasteiger partial charge on any atom is 0.341 e. The average Bonchev–Trinajstić information content (AvgIpc) is 3.07. The van der Waals surface area contributed by atoms with Gasteiger partial charge in [-0.3, -0.25) is 4.90 Å². The number of nitrogens with one attached hydrogen (secondary N) is 1. The predicted molar refractivity (Wildman–Crippen MR) is 72.0 cm³/mol. The van der Waals surface area contributed by atoms with Crippen LogP contribution in [0.15, 0.2) is 16.7 Å². The fraction of sp³-hybridized carbons (Fsp3) is 0.643. The van der Waals surface area contributed by atoms with Gasteiger partial charge in [0.1, 0.15) is 11.3 Å². The van der Waals surface area contributed by atoms with Crippen molar-refractivity contribution in [1.82, 2.24) is 10.2 Å². The lowest BCUT2D eigenvalue weighted by atomic mass is 10.2. The van der Waals surface area contributed by atoms with Crippen LogP contribution in [0, 0.1) is 0 Å². The van der Waals surface area contributed by atoms with Crippen LogP contribution in [0.3, 0.4) is 0 Å². The van der Waals surface area contributed by atoms with E-state index < -0.39 is 0 Å². The van der Waals surface area contributed by atoms with E-state index in [1.165, 1.54) is 0 Å². The Labute approximate surface area is 113 Å². The van der Waals surface area contributed by atoms with Gasteiger partial charge >= 0.3 is 5.97 Å². The summed E-state index contributed by atoms with van der Waals surface area (Å²) in [6.07, 6.45) is 2.70. The molecule has 1 saturated heterocycles. The van der Waals surface area contributed by atoms with Crippen molar-refractivity contribution in [1.29, 1.82) is 0 Å². The third kappa shape index (κ3) is 3.36. The molecule has 1 aromatic heterocycles. The van der Waals surface area contributed by atoms with Crippen LogP contribution in [-0.4, -0.2) is 43.2 Å². The number of furan rings is 1. The first-order valence-electron chi connectivity index (χ1n) is 6.94. The number of rotatable bonds is 6. The van der Waals surface area contributed by atoms with Crippen LogP contribution in [-0.2, 0) is 11.3 Å². The Morgan fingerprint density at radius 1 is 1.58 bits per heavy atom. The number of hydrogen-bond acceptors (Lipinski definition) is 5. The van der Waals surface area contributed by atoms with E-state index in [-0.39, 0.29) is 5.97 Å². The number of carbonyl (C=O) groups is 1. The Morgan fingerprint density at radius 3 is 3.05 bits per heavy atom. The largest absolute Gasteiger partial charge is 0.467 e. The van der Waals surface area contributed by atoms with Crippen molar-refractivity contribution in [2.24, 2.45) is 0 Å². The summed E-state index contributed by atoms with van der Waals surface area (Å²) >= 11 is 0. The summed E-state index contributed by atoms with van der Waals surface area (Å²) in [4.78, 5) is 14.1. The van der Waals surface area contributed by atoms with E-state index in [9.17, 15) is 4.79 Å². The second-order valence-electron chi connectivity index (χ2n) is 4.69. The third-order valence-electron chi connectivity index (χ3n) is 3.54. The number of ether oxygens (including phenoxy) is 1. The maximum atomic E-state index is 11.8. The minimum Gasteiger partial charge on any atom is -0.467 e. The molecule has 19 heavy (non-hydrogen) atoms. The summed E-state index contributed by atoms with van der Waals surface area (Å²) in [7, 11) is 0. The molecule has 0 amide bonds. The van der Waals surface area contributed by atoms with Crippen molar-refractivity contribution < 1.29 is 13.9 Å². The zero-order chi connectivity index (χ0) is 13.7. The molecule has 2 rings (SSSR count). The molecular formula is C14H22N2O3. The summed E-state index contributed by atoms with van der Waals surface area (Å²) < 4.78 is 10.5. The number of esters is 1. The number of likely N-dealkylation sites (N-methyl/N-ethyl adjacent to an activating group) is 1. The molecule has 1 unspecified atom stereocenters. The van der Waals surface area contributed by atoms with E-state index >= 15 is 0 Å². The molecule has 2 heterocycles. The Kier molecular flexibility index (Phi) is 4.99. The Hall–Kier alpha value is -1.33. The first-order valence-corrected chi connectivity index (χ1v) is 6.94. The van der Waals surface area contributed by atoms with Gasteiger partial charge in [0.15, 0.2) is 0 Å². The smallest absolute Gasteiger partial charge is 0.341 e. The highest BCUT2D eigenvalue weighted by Crippen LogP contribution is 2.18. The molecule has 106 valence electrons. The number of nitrogens with zero attached hydrogens (tertiary/aromatic N) is 1. The van der Waals surface area contributed by atoms with E-state index in [2.05, 4.69) is 17.1 Å². The molecule has 0 bridgehead atoms. The minimum absolute atomic E-state index is 0.299. The second kappa shape index (κ2) is 6.73. The normalized spacial score (nSPS) is 19.0. The minimum atomic E-state index is -0.299. The van der Waals surface area contributed by atoms with Crippen LogP contribution >= 0.6 is 0 Å². The van der Waals surface area contributed by atoms with Gasteiger partial charge in [0, 0.05) is 12.6 Å². The van der Waals surface area contributed by atoms with E-state index in [4.69, 9.17) is 9.15 Å². The van der Waals surface area contributed by atoms with Crippen molar-refractivity contribution in [2.45, 2.75) is 32.9 Å². The molecule has 5 heteroatoms. The van der Waals surface area contributed by atoms with Gasteiger partial charge in [-0.05, 0) is 32.5 Å². The van der Waals surface area contributed by atoms with Crippen molar-refractivity contribution >= 4 is 5.97 Å². The molecule has 1 aromatic rings. The van der Waals surface area contributed by atoms with Crippen LogP contribution < -0.4 is 5.32 Å². The average molecular weight is 266 g/mol. The Morgan fingerprint density at radius 2 is 2.42 bits per heavy atom. The molecule has 0 radical (unpaired) electrons. The van der Waals surface area contributed by atoms with Crippen molar-refractivity contribution in [2.75, 3.05) is 26.2 Å². The molecular weight excluding hydrogens is 244 g/mol. The Balaban J connectivity index is 2.05. The highest BCUT2D eigenvalue weighted by molar-refractivity contribution is 5.90. The zero-order valence-corrected chi connectivity index (χ0v) is 11.6. The molecule has 0 saturated carbocycles. The van der Waals surface area contributed by atoms with E-state index in [1.54, 1.807) is 19.3 Å². The van der Waals surface area contributed by atoms with Crippen LogP contribution in [0.1, 0.15) is 36.4 Å². The maximum absolute atomic E-state index is 11.8. The highest BCUT2D eigenvalue weighted by Gasteiger charge is 2.24. The number of carbonyl (C=O) groups excluding carboxylic acids is 1. The van der Waals surface area contributed by atoms with Crippen LogP contribution in [0.5, 0.6) is 0 Å². The van der Waals surface area contributed by atoms with Crippen LogP contribution in [0.25, 0.3) is 0 Å². The van der Waals surface area contributed by atoms with Gasteiger partial charge in [-0.1, -0.05) is 6.92 Å². The van der Waals surface area contributed by atoms with E-state index in [0.29, 0.717) is 30.5 Å². The van der Waals surface area contributed by atoms with Gasteiger partial charge in [0.25, 0.3) is 0 Å². The monoisotopic (exact) mass is 266 g/mol. The van der Waals surface area contributed by atoms with Crippen LogP contribution in [0.4, 0.5) is 0 Å². The quantitative estimate of drug-likeness (QED) is 0.793. The van der Waals surface area contributed by atoms with Crippen molar-refractivity contribution in [3.8, 4) is 0 Å². The van der Waals surface area contributed by atoms with E-state index in [0.717, 1.165) is 26.1 Å². The third-order valence-corrected chi connectivity index (χ3v) is 3.54. The van der Waals surface area contributed by atoms with Gasteiger partial charge in [-0.15, -0.1) is 0 Å². The lowest BCUT2D eigenvalue weighted by Gasteiger charge is -2.26. The molecule has 1 fully saturated rings. The van der Waals surface area contributed by atoms with Gasteiger partial charge in [-0.25, -0.2) is 4.79 Å². The molecule has 1 aliphatic rings. The highest BCUT2D eigenvalue weighted by atomic mass is 16.5. The predicted octanol–water partition coefficient (Wildman–Crippen LogP) is 1.64. The summed E-state index contributed by atoms with van der Waals surface area (Å²) in [5.74, 6) is 0.402. The van der Waals surface area contributed by atoms with Gasteiger partial charge in [-0.2, -0.15) is 0 Å². The first-order chi connectivity index (χ1) is 9.26. The Bertz CT molecular complexity index is 411. The summed E-state index contributed by atoms with van der Waals surface area (Å²) in [6.45, 7) is 7.98. The SMILES string of the molecule is CCOC(=O)c1ccoc1CN(CC)C1CCNC1. The van der Waals surface area contributed by atoms with Crippen molar-refractivity contribution in [3.63, 3.8) is 0 Å². The molecule has 1 atom stereocenters. The molecule has 0 aliphatic carbocycles. The molecule has 0 spiro atoms. The lowest BCUT2D eigenvalue weighted by molar-refractivity contribution is 0.0521.